The highest BCUT2D eigenvalue weighted by Crippen LogP contribution is 2.43. The number of unbranched alkanes of at least 4 members (excludes halogenated alkanes) is 5. The first kappa shape index (κ1) is 27.3. The lowest BCUT2D eigenvalue weighted by Gasteiger charge is -2.25. The lowest BCUT2D eigenvalue weighted by molar-refractivity contribution is -0.153. The van der Waals surface area contributed by atoms with Crippen molar-refractivity contribution in [1.82, 2.24) is 0 Å². The SMILES string of the molecule is CCCCCC(O)CCC1C(C)CC(O)C1CCCCCCC(=O)OC(CO)CO. The van der Waals surface area contributed by atoms with Crippen molar-refractivity contribution in [1.29, 1.82) is 0 Å². The molecule has 0 saturated heterocycles. The van der Waals surface area contributed by atoms with Gasteiger partial charge in [0, 0.05) is 6.42 Å². The second-order valence-electron chi connectivity index (χ2n) is 9.26. The van der Waals surface area contributed by atoms with Crippen LogP contribution in [0.5, 0.6) is 0 Å². The van der Waals surface area contributed by atoms with Crippen LogP contribution in [0.15, 0.2) is 0 Å². The van der Waals surface area contributed by atoms with Gasteiger partial charge in [-0.1, -0.05) is 52.4 Å². The Balaban J connectivity index is 2.24. The molecule has 178 valence electrons. The number of rotatable bonds is 17. The molecular weight excluding hydrogens is 384 g/mol. The van der Waals surface area contributed by atoms with Crippen LogP contribution in [0.4, 0.5) is 0 Å². The summed E-state index contributed by atoms with van der Waals surface area (Å²) in [6.45, 7) is 3.69. The standard InChI is InChI=1S/C24H46O6/c1-3-4-7-10-19(27)13-14-21-18(2)15-23(28)22(21)11-8-5-6-9-12-24(29)30-20(16-25)17-26/h18-23,25-28H,3-17H2,1-2H3. The monoisotopic (exact) mass is 430 g/mol. The molecule has 1 saturated carbocycles. The summed E-state index contributed by atoms with van der Waals surface area (Å²) in [4.78, 5) is 11.6. The Bertz CT molecular complexity index is 439. The minimum absolute atomic E-state index is 0.210. The summed E-state index contributed by atoms with van der Waals surface area (Å²) in [6, 6.07) is 0. The summed E-state index contributed by atoms with van der Waals surface area (Å²) in [5.74, 6) is 0.946. The first-order valence-electron chi connectivity index (χ1n) is 12.2. The first-order chi connectivity index (χ1) is 14.4. The van der Waals surface area contributed by atoms with E-state index in [9.17, 15) is 15.0 Å². The average molecular weight is 431 g/mol. The highest BCUT2D eigenvalue weighted by atomic mass is 16.6. The molecule has 1 aliphatic rings. The van der Waals surface area contributed by atoms with E-state index < -0.39 is 6.10 Å². The number of aliphatic hydroxyl groups excluding tert-OH is 4. The van der Waals surface area contributed by atoms with Crippen LogP contribution in [-0.4, -0.2) is 57.9 Å². The van der Waals surface area contributed by atoms with E-state index in [0.29, 0.717) is 24.2 Å². The lowest BCUT2D eigenvalue weighted by Crippen LogP contribution is -2.25. The van der Waals surface area contributed by atoms with Crippen molar-refractivity contribution < 1.29 is 30.0 Å². The van der Waals surface area contributed by atoms with Crippen LogP contribution in [0.25, 0.3) is 0 Å². The summed E-state index contributed by atoms with van der Waals surface area (Å²) in [6.07, 6.45) is 10.8. The molecule has 0 aromatic carbocycles. The predicted molar refractivity (Wildman–Crippen MR) is 118 cm³/mol. The quantitative estimate of drug-likeness (QED) is 0.208. The number of esters is 1. The van der Waals surface area contributed by atoms with Gasteiger partial charge >= 0.3 is 5.97 Å². The van der Waals surface area contributed by atoms with Gasteiger partial charge in [0.2, 0.25) is 0 Å². The van der Waals surface area contributed by atoms with E-state index in [2.05, 4.69) is 13.8 Å². The van der Waals surface area contributed by atoms with Gasteiger partial charge in [-0.2, -0.15) is 0 Å². The van der Waals surface area contributed by atoms with Gasteiger partial charge in [-0.3, -0.25) is 4.79 Å². The van der Waals surface area contributed by atoms with E-state index in [-0.39, 0.29) is 31.4 Å². The summed E-state index contributed by atoms with van der Waals surface area (Å²) in [7, 11) is 0. The maximum atomic E-state index is 11.6. The summed E-state index contributed by atoms with van der Waals surface area (Å²) < 4.78 is 4.96. The van der Waals surface area contributed by atoms with Gasteiger partial charge in [0.15, 0.2) is 0 Å². The van der Waals surface area contributed by atoms with Gasteiger partial charge in [0.05, 0.1) is 25.4 Å². The number of hydrogen-bond acceptors (Lipinski definition) is 6. The number of aliphatic hydroxyl groups is 4. The molecule has 0 amide bonds. The number of carbonyl (C=O) groups excluding carboxylic acids is 1. The molecule has 1 rings (SSSR count). The van der Waals surface area contributed by atoms with Gasteiger partial charge in [-0.25, -0.2) is 0 Å². The van der Waals surface area contributed by atoms with Crippen LogP contribution in [-0.2, 0) is 9.53 Å². The fraction of sp³-hybridized carbons (Fsp3) is 0.958. The molecule has 0 aromatic heterocycles. The van der Waals surface area contributed by atoms with E-state index in [4.69, 9.17) is 14.9 Å². The summed E-state index contributed by atoms with van der Waals surface area (Å²) >= 11 is 0. The average Bonchev–Trinajstić information content (AvgIpc) is 2.99. The zero-order chi connectivity index (χ0) is 22.4. The summed E-state index contributed by atoms with van der Waals surface area (Å²) in [5.41, 5.74) is 0. The van der Waals surface area contributed by atoms with E-state index in [0.717, 1.165) is 64.2 Å². The van der Waals surface area contributed by atoms with Crippen LogP contribution in [0.3, 0.4) is 0 Å². The van der Waals surface area contributed by atoms with E-state index in [1.807, 2.05) is 0 Å². The van der Waals surface area contributed by atoms with E-state index in [1.54, 1.807) is 0 Å². The molecule has 0 radical (unpaired) electrons. The molecule has 6 nitrogen and oxygen atoms in total. The highest BCUT2D eigenvalue weighted by molar-refractivity contribution is 5.69. The molecule has 5 atom stereocenters. The second kappa shape index (κ2) is 16.0. The molecule has 0 bridgehead atoms. The maximum Gasteiger partial charge on any atom is 0.306 e. The number of hydrogen-bond donors (Lipinski definition) is 4. The molecule has 0 aromatic rings. The smallest absolute Gasteiger partial charge is 0.306 e. The molecule has 0 aliphatic heterocycles. The van der Waals surface area contributed by atoms with Gasteiger partial charge in [0.25, 0.3) is 0 Å². The molecular formula is C24H46O6. The zero-order valence-electron chi connectivity index (χ0n) is 19.2. The van der Waals surface area contributed by atoms with Crippen LogP contribution >= 0.6 is 0 Å². The van der Waals surface area contributed by atoms with E-state index in [1.165, 1.54) is 12.8 Å². The Kier molecular flexibility index (Phi) is 14.6. The van der Waals surface area contributed by atoms with Crippen LogP contribution in [0.1, 0.15) is 97.3 Å². The third kappa shape index (κ3) is 10.6. The Morgan fingerprint density at radius 1 is 0.967 bits per heavy atom. The Morgan fingerprint density at radius 2 is 1.67 bits per heavy atom. The normalized spacial score (nSPS) is 25.0. The van der Waals surface area contributed by atoms with Crippen molar-refractivity contribution in [3.05, 3.63) is 0 Å². The molecule has 6 heteroatoms. The fourth-order valence-corrected chi connectivity index (χ4v) is 4.88. The minimum Gasteiger partial charge on any atom is -0.457 e. The van der Waals surface area contributed by atoms with Crippen molar-refractivity contribution >= 4 is 5.97 Å². The molecule has 1 fully saturated rings. The van der Waals surface area contributed by atoms with Crippen molar-refractivity contribution in [3.8, 4) is 0 Å². The Morgan fingerprint density at radius 3 is 2.33 bits per heavy atom. The summed E-state index contributed by atoms with van der Waals surface area (Å²) in [5, 5.41) is 38.6. The maximum absolute atomic E-state index is 11.6. The van der Waals surface area contributed by atoms with Crippen LogP contribution in [0.2, 0.25) is 0 Å². The first-order valence-corrected chi connectivity index (χ1v) is 12.2. The topological polar surface area (TPSA) is 107 Å². The lowest BCUT2D eigenvalue weighted by atomic mass is 9.82. The van der Waals surface area contributed by atoms with Crippen LogP contribution in [0, 0.1) is 17.8 Å². The van der Waals surface area contributed by atoms with Crippen molar-refractivity contribution in [3.63, 3.8) is 0 Å². The predicted octanol–water partition coefficient (Wildman–Crippen LogP) is 3.58. The van der Waals surface area contributed by atoms with Crippen molar-refractivity contribution in [2.45, 2.75) is 116 Å². The third-order valence-electron chi connectivity index (χ3n) is 6.74. The van der Waals surface area contributed by atoms with Gasteiger partial charge in [-0.05, 0) is 56.3 Å². The molecule has 4 N–H and O–H groups in total. The minimum atomic E-state index is -0.814. The van der Waals surface area contributed by atoms with Crippen LogP contribution < -0.4 is 0 Å². The number of carbonyl (C=O) groups is 1. The second-order valence-corrected chi connectivity index (χ2v) is 9.26. The third-order valence-corrected chi connectivity index (χ3v) is 6.74. The van der Waals surface area contributed by atoms with E-state index >= 15 is 0 Å². The molecule has 0 heterocycles. The molecule has 1 aliphatic carbocycles. The molecule has 30 heavy (non-hydrogen) atoms. The van der Waals surface area contributed by atoms with Crippen molar-refractivity contribution in [2.75, 3.05) is 13.2 Å². The molecule has 5 unspecified atom stereocenters. The number of ether oxygens (including phenoxy) is 1. The Labute approximate surface area is 183 Å². The largest absolute Gasteiger partial charge is 0.457 e. The Hall–Kier alpha value is -0.690. The molecule has 0 spiro atoms. The van der Waals surface area contributed by atoms with Gasteiger partial charge in [0.1, 0.15) is 6.10 Å². The van der Waals surface area contributed by atoms with Gasteiger partial charge < -0.3 is 25.2 Å². The zero-order valence-corrected chi connectivity index (χ0v) is 19.2. The van der Waals surface area contributed by atoms with Gasteiger partial charge in [-0.15, -0.1) is 0 Å². The fourth-order valence-electron chi connectivity index (χ4n) is 4.88. The van der Waals surface area contributed by atoms with Crippen molar-refractivity contribution in [2.24, 2.45) is 17.8 Å². The highest BCUT2D eigenvalue weighted by Gasteiger charge is 2.39.